The van der Waals surface area contributed by atoms with Crippen LogP contribution >= 0.6 is 11.8 Å². The molecule has 3 atom stereocenters. The standard InChI is InChI=1S/C15H16N2O6S/c1-15(8-16-12(18)11(22-2)13(16)24-15)14(19)23-7-9-3-5-10(6-4-9)17(20)21/h3-6,11,13H,7-8H2,1-2H3/t11-,13+,15?/m0/s1. The summed E-state index contributed by atoms with van der Waals surface area (Å²) in [5.74, 6) is -0.523. The number of hydrogen-bond donors (Lipinski definition) is 0. The van der Waals surface area contributed by atoms with Crippen LogP contribution in [0.1, 0.15) is 12.5 Å². The van der Waals surface area contributed by atoms with Gasteiger partial charge >= 0.3 is 5.97 Å². The van der Waals surface area contributed by atoms with Gasteiger partial charge in [0.25, 0.3) is 11.6 Å². The van der Waals surface area contributed by atoms with Crippen LogP contribution in [0.15, 0.2) is 24.3 Å². The van der Waals surface area contributed by atoms with Gasteiger partial charge in [-0.1, -0.05) is 0 Å². The minimum absolute atomic E-state index is 0.0168. The lowest BCUT2D eigenvalue weighted by Gasteiger charge is -2.40. The molecule has 128 valence electrons. The Morgan fingerprint density at radius 3 is 2.71 bits per heavy atom. The number of carbonyl (C=O) groups excluding carboxylic acids is 2. The summed E-state index contributed by atoms with van der Waals surface area (Å²) in [6.45, 7) is 2.06. The second-order valence-electron chi connectivity index (χ2n) is 5.86. The molecular formula is C15H16N2O6S. The number of esters is 1. The zero-order valence-corrected chi connectivity index (χ0v) is 13.9. The average Bonchev–Trinajstić information content (AvgIpc) is 2.88. The van der Waals surface area contributed by atoms with Gasteiger partial charge in [0.2, 0.25) is 0 Å². The molecule has 2 fully saturated rings. The van der Waals surface area contributed by atoms with E-state index in [1.54, 1.807) is 24.0 Å². The van der Waals surface area contributed by atoms with Gasteiger partial charge in [0.05, 0.1) is 4.92 Å². The molecule has 0 N–H and O–H groups in total. The summed E-state index contributed by atoms with van der Waals surface area (Å²) in [5, 5.41) is 10.5. The molecule has 1 amide bonds. The van der Waals surface area contributed by atoms with Crippen molar-refractivity contribution in [1.82, 2.24) is 4.90 Å². The quantitative estimate of drug-likeness (QED) is 0.341. The first-order chi connectivity index (χ1) is 11.4. The lowest BCUT2D eigenvalue weighted by atomic mass is 10.1. The molecule has 2 heterocycles. The number of fused-ring (bicyclic) bond motifs is 1. The number of hydrogen-bond acceptors (Lipinski definition) is 7. The second kappa shape index (κ2) is 6.06. The number of ether oxygens (including phenoxy) is 2. The molecule has 0 spiro atoms. The van der Waals surface area contributed by atoms with E-state index in [9.17, 15) is 19.7 Å². The van der Waals surface area contributed by atoms with E-state index in [2.05, 4.69) is 0 Å². The Balaban J connectivity index is 1.59. The van der Waals surface area contributed by atoms with Gasteiger partial charge in [-0.3, -0.25) is 19.7 Å². The number of benzene rings is 1. The molecule has 0 aliphatic carbocycles. The van der Waals surface area contributed by atoms with Gasteiger partial charge in [-0.25, -0.2) is 0 Å². The van der Waals surface area contributed by atoms with E-state index in [0.717, 1.165) is 0 Å². The van der Waals surface area contributed by atoms with Crippen molar-refractivity contribution >= 4 is 29.3 Å². The van der Waals surface area contributed by atoms with E-state index in [-0.39, 0.29) is 23.6 Å². The SMILES string of the molecule is CO[C@H]1C(=O)N2CC(C)(C(=O)OCc3ccc([N+](=O)[O-])cc3)S[C@H]12. The van der Waals surface area contributed by atoms with Crippen LogP contribution in [0.25, 0.3) is 0 Å². The number of nitro groups is 1. The molecule has 24 heavy (non-hydrogen) atoms. The van der Waals surface area contributed by atoms with Crippen LogP contribution in [0.5, 0.6) is 0 Å². The van der Waals surface area contributed by atoms with Gasteiger partial charge in [0, 0.05) is 25.8 Å². The summed E-state index contributed by atoms with van der Waals surface area (Å²) >= 11 is 1.37. The lowest BCUT2D eigenvalue weighted by molar-refractivity contribution is -0.384. The van der Waals surface area contributed by atoms with Gasteiger partial charge in [-0.05, 0) is 24.6 Å². The van der Waals surface area contributed by atoms with Gasteiger partial charge in [-0.15, -0.1) is 11.8 Å². The van der Waals surface area contributed by atoms with E-state index in [1.165, 1.54) is 31.0 Å². The van der Waals surface area contributed by atoms with Crippen LogP contribution < -0.4 is 0 Å². The van der Waals surface area contributed by atoms with Crippen molar-refractivity contribution in [2.24, 2.45) is 0 Å². The Hall–Kier alpha value is -2.13. The fourth-order valence-electron chi connectivity index (χ4n) is 2.76. The zero-order chi connectivity index (χ0) is 17.5. The monoisotopic (exact) mass is 352 g/mol. The number of nitro benzene ring substituents is 1. The summed E-state index contributed by atoms with van der Waals surface area (Å²) in [4.78, 5) is 36.0. The molecule has 2 saturated heterocycles. The molecule has 3 rings (SSSR count). The second-order valence-corrected chi connectivity index (χ2v) is 7.48. The maximum atomic E-state index is 12.4. The van der Waals surface area contributed by atoms with E-state index < -0.39 is 21.7 Å². The predicted octanol–water partition coefficient (Wildman–Crippen LogP) is 1.33. The third-order valence-electron chi connectivity index (χ3n) is 4.15. The number of carbonyl (C=O) groups is 2. The van der Waals surface area contributed by atoms with Crippen molar-refractivity contribution in [3.63, 3.8) is 0 Å². The normalized spacial score (nSPS) is 28.2. The van der Waals surface area contributed by atoms with Crippen molar-refractivity contribution < 1.29 is 24.0 Å². The van der Waals surface area contributed by atoms with Crippen LogP contribution in [-0.2, 0) is 25.7 Å². The third-order valence-corrected chi connectivity index (χ3v) is 5.71. The number of non-ortho nitro benzene ring substituents is 1. The van der Waals surface area contributed by atoms with Crippen molar-refractivity contribution in [1.29, 1.82) is 0 Å². The van der Waals surface area contributed by atoms with Gasteiger partial charge < -0.3 is 14.4 Å². The molecule has 0 saturated carbocycles. The summed E-state index contributed by atoms with van der Waals surface area (Å²) in [6, 6.07) is 5.83. The minimum atomic E-state index is -0.839. The topological polar surface area (TPSA) is 99.0 Å². The van der Waals surface area contributed by atoms with Crippen molar-refractivity contribution in [3.05, 3.63) is 39.9 Å². The van der Waals surface area contributed by atoms with Crippen molar-refractivity contribution in [2.75, 3.05) is 13.7 Å². The summed E-state index contributed by atoms with van der Waals surface area (Å²) in [7, 11) is 1.48. The Morgan fingerprint density at radius 2 is 2.12 bits per heavy atom. The first kappa shape index (κ1) is 16.7. The highest BCUT2D eigenvalue weighted by Crippen LogP contribution is 2.48. The number of nitrogens with zero attached hydrogens (tertiary/aromatic N) is 2. The Kier molecular flexibility index (Phi) is 4.22. The fourth-order valence-corrected chi connectivity index (χ4v) is 4.32. The highest BCUT2D eigenvalue weighted by Gasteiger charge is 2.60. The van der Waals surface area contributed by atoms with E-state index in [0.29, 0.717) is 12.1 Å². The Bertz CT molecular complexity index is 694. The maximum Gasteiger partial charge on any atom is 0.324 e. The molecule has 0 bridgehead atoms. The van der Waals surface area contributed by atoms with Crippen LogP contribution in [0.2, 0.25) is 0 Å². The van der Waals surface area contributed by atoms with Crippen molar-refractivity contribution in [2.45, 2.75) is 29.8 Å². The van der Waals surface area contributed by atoms with E-state index in [4.69, 9.17) is 9.47 Å². The third kappa shape index (κ3) is 2.73. The molecule has 2 aliphatic rings. The van der Waals surface area contributed by atoms with Gasteiger partial charge in [-0.2, -0.15) is 0 Å². The number of rotatable bonds is 5. The first-order valence-corrected chi connectivity index (χ1v) is 8.15. The Morgan fingerprint density at radius 1 is 1.46 bits per heavy atom. The Labute approximate surface area is 142 Å². The molecule has 2 aliphatic heterocycles. The van der Waals surface area contributed by atoms with E-state index in [1.807, 2.05) is 0 Å². The molecule has 0 radical (unpaired) electrons. The van der Waals surface area contributed by atoms with Crippen LogP contribution in [0, 0.1) is 10.1 Å². The molecule has 1 aromatic carbocycles. The number of amides is 1. The van der Waals surface area contributed by atoms with Crippen LogP contribution in [0.4, 0.5) is 5.69 Å². The van der Waals surface area contributed by atoms with Gasteiger partial charge in [0.15, 0.2) is 6.10 Å². The van der Waals surface area contributed by atoms with E-state index >= 15 is 0 Å². The first-order valence-electron chi connectivity index (χ1n) is 7.27. The van der Waals surface area contributed by atoms with Crippen LogP contribution in [0.3, 0.4) is 0 Å². The molecule has 8 nitrogen and oxygen atoms in total. The smallest absolute Gasteiger partial charge is 0.324 e. The number of β-lactam (4-membered cyclic amide) rings is 1. The highest BCUT2D eigenvalue weighted by molar-refractivity contribution is 8.02. The molecular weight excluding hydrogens is 336 g/mol. The fraction of sp³-hybridized carbons (Fsp3) is 0.467. The molecule has 9 heteroatoms. The van der Waals surface area contributed by atoms with Gasteiger partial charge in [0.1, 0.15) is 16.7 Å². The molecule has 0 aromatic heterocycles. The molecule has 1 aromatic rings. The van der Waals surface area contributed by atoms with Crippen molar-refractivity contribution in [3.8, 4) is 0 Å². The number of thioether (sulfide) groups is 1. The maximum absolute atomic E-state index is 12.4. The summed E-state index contributed by atoms with van der Waals surface area (Å²) in [5.41, 5.74) is 0.645. The average molecular weight is 352 g/mol. The number of methoxy groups -OCH3 is 1. The van der Waals surface area contributed by atoms with Crippen LogP contribution in [-0.4, -0.2) is 51.6 Å². The zero-order valence-electron chi connectivity index (χ0n) is 13.1. The highest BCUT2D eigenvalue weighted by atomic mass is 32.2. The molecule has 1 unspecified atom stereocenters. The summed E-state index contributed by atoms with van der Waals surface area (Å²) in [6.07, 6.45) is -0.501. The predicted molar refractivity (Wildman–Crippen MR) is 85.2 cm³/mol. The largest absolute Gasteiger partial charge is 0.460 e. The lowest BCUT2D eigenvalue weighted by Crippen LogP contribution is -2.61. The minimum Gasteiger partial charge on any atom is -0.460 e. The summed E-state index contributed by atoms with van der Waals surface area (Å²) < 4.78 is 9.62.